The Morgan fingerprint density at radius 3 is 3.05 bits per heavy atom. The molecule has 0 unspecified atom stereocenters. The summed E-state index contributed by atoms with van der Waals surface area (Å²) in [6, 6.07) is 6.36. The van der Waals surface area contributed by atoms with Crippen molar-refractivity contribution in [3.8, 4) is 10.6 Å². The van der Waals surface area contributed by atoms with Crippen LogP contribution in [-0.4, -0.2) is 36.1 Å². The summed E-state index contributed by atoms with van der Waals surface area (Å²) in [5.41, 5.74) is 1.04. The lowest BCUT2D eigenvalue weighted by Crippen LogP contribution is -2.29. The van der Waals surface area contributed by atoms with Gasteiger partial charge in [0.2, 0.25) is 5.95 Å². The predicted molar refractivity (Wildman–Crippen MR) is 84.4 cm³/mol. The molecule has 0 amide bonds. The Labute approximate surface area is 123 Å². The van der Waals surface area contributed by atoms with Gasteiger partial charge in [0.1, 0.15) is 0 Å². The van der Waals surface area contributed by atoms with Crippen molar-refractivity contribution in [2.24, 2.45) is 0 Å². The molecule has 0 radical (unpaired) electrons. The van der Waals surface area contributed by atoms with Gasteiger partial charge in [-0.2, -0.15) is 0 Å². The Hall–Kier alpha value is -1.46. The summed E-state index contributed by atoms with van der Waals surface area (Å²) < 4.78 is 0. The van der Waals surface area contributed by atoms with Crippen LogP contribution in [0.25, 0.3) is 10.6 Å². The molecule has 1 N–H and O–H groups in total. The fraction of sp³-hybridized carbons (Fsp3) is 0.467. The monoisotopic (exact) mass is 288 g/mol. The maximum absolute atomic E-state index is 4.75. The molecule has 0 saturated carbocycles. The average molecular weight is 288 g/mol. The van der Waals surface area contributed by atoms with Crippen molar-refractivity contribution < 1.29 is 0 Å². The van der Waals surface area contributed by atoms with Gasteiger partial charge in [0, 0.05) is 30.7 Å². The van der Waals surface area contributed by atoms with Gasteiger partial charge in [0.15, 0.2) is 0 Å². The van der Waals surface area contributed by atoms with Crippen LogP contribution in [-0.2, 0) is 6.42 Å². The molecule has 0 spiro atoms. The minimum absolute atomic E-state index is 0.859. The third-order valence-corrected chi connectivity index (χ3v) is 4.78. The first kappa shape index (κ1) is 13.5. The van der Waals surface area contributed by atoms with Crippen LogP contribution in [0.2, 0.25) is 0 Å². The topological polar surface area (TPSA) is 41.1 Å². The first-order valence-corrected chi connectivity index (χ1v) is 8.06. The lowest BCUT2D eigenvalue weighted by Gasteiger charge is -2.19. The molecule has 0 aromatic carbocycles. The van der Waals surface area contributed by atoms with Gasteiger partial charge in [-0.05, 0) is 37.6 Å². The molecule has 5 heteroatoms. The highest BCUT2D eigenvalue weighted by Gasteiger charge is 2.13. The standard InChI is InChI=1S/C15H20N4S/c1-2-12-4-5-14(20-12)13-6-8-17-15(18-13)19-10-3-7-16-9-11-19/h4-6,8,16H,2-3,7,9-11H2,1H3. The van der Waals surface area contributed by atoms with Gasteiger partial charge in [0.25, 0.3) is 0 Å². The van der Waals surface area contributed by atoms with E-state index in [1.165, 1.54) is 9.75 Å². The second-order valence-corrected chi connectivity index (χ2v) is 6.12. The van der Waals surface area contributed by atoms with Crippen molar-refractivity contribution in [2.45, 2.75) is 19.8 Å². The molecule has 3 rings (SSSR count). The Bertz CT molecular complexity index is 559. The van der Waals surface area contributed by atoms with E-state index in [9.17, 15) is 0 Å². The van der Waals surface area contributed by atoms with E-state index in [1.54, 1.807) is 0 Å². The normalized spacial score (nSPS) is 16.1. The largest absolute Gasteiger partial charge is 0.339 e. The summed E-state index contributed by atoms with van der Waals surface area (Å²) in [5.74, 6) is 0.859. The van der Waals surface area contributed by atoms with E-state index < -0.39 is 0 Å². The molecule has 0 atom stereocenters. The SMILES string of the molecule is CCc1ccc(-c2ccnc(N3CCCNCC3)n2)s1. The number of aromatic nitrogens is 2. The molecule has 1 saturated heterocycles. The zero-order chi connectivity index (χ0) is 13.8. The molecule has 106 valence electrons. The van der Waals surface area contributed by atoms with Crippen LogP contribution in [0.15, 0.2) is 24.4 Å². The molecule has 1 aliphatic heterocycles. The minimum atomic E-state index is 0.859. The molecule has 0 aliphatic carbocycles. The van der Waals surface area contributed by atoms with Crippen molar-refractivity contribution in [2.75, 3.05) is 31.1 Å². The van der Waals surface area contributed by atoms with Crippen LogP contribution in [0.5, 0.6) is 0 Å². The first-order valence-electron chi connectivity index (χ1n) is 7.24. The number of hydrogen-bond donors (Lipinski definition) is 1. The van der Waals surface area contributed by atoms with Crippen LogP contribution in [0.1, 0.15) is 18.2 Å². The highest BCUT2D eigenvalue weighted by atomic mass is 32.1. The zero-order valence-corrected chi connectivity index (χ0v) is 12.6. The van der Waals surface area contributed by atoms with Crippen LogP contribution >= 0.6 is 11.3 Å². The fourth-order valence-corrected chi connectivity index (χ4v) is 3.31. The van der Waals surface area contributed by atoms with Gasteiger partial charge in [-0.3, -0.25) is 0 Å². The van der Waals surface area contributed by atoms with E-state index in [0.29, 0.717) is 0 Å². The lowest BCUT2D eigenvalue weighted by atomic mass is 10.3. The van der Waals surface area contributed by atoms with Crippen LogP contribution in [0, 0.1) is 0 Å². The van der Waals surface area contributed by atoms with Crippen molar-refractivity contribution >= 4 is 17.3 Å². The lowest BCUT2D eigenvalue weighted by molar-refractivity contribution is 0.724. The van der Waals surface area contributed by atoms with Crippen molar-refractivity contribution in [1.82, 2.24) is 15.3 Å². The quantitative estimate of drug-likeness (QED) is 0.942. The summed E-state index contributed by atoms with van der Waals surface area (Å²) in [4.78, 5) is 14.1. The average Bonchev–Trinajstić information content (AvgIpc) is 2.82. The van der Waals surface area contributed by atoms with Gasteiger partial charge in [-0.15, -0.1) is 11.3 Å². The maximum atomic E-state index is 4.75. The number of nitrogens with one attached hydrogen (secondary N) is 1. The summed E-state index contributed by atoms with van der Waals surface area (Å²) in [6.07, 6.45) is 4.11. The number of anilines is 1. The van der Waals surface area contributed by atoms with Crippen molar-refractivity contribution in [1.29, 1.82) is 0 Å². The van der Waals surface area contributed by atoms with E-state index in [2.05, 4.69) is 34.3 Å². The highest BCUT2D eigenvalue weighted by molar-refractivity contribution is 7.15. The van der Waals surface area contributed by atoms with Crippen LogP contribution < -0.4 is 10.2 Å². The van der Waals surface area contributed by atoms with E-state index in [0.717, 1.165) is 50.7 Å². The smallest absolute Gasteiger partial charge is 0.225 e. The summed E-state index contributed by atoms with van der Waals surface area (Å²) in [7, 11) is 0. The molecule has 2 aromatic rings. The number of thiophene rings is 1. The van der Waals surface area contributed by atoms with Crippen molar-refractivity contribution in [3.05, 3.63) is 29.3 Å². The Morgan fingerprint density at radius 1 is 1.25 bits per heavy atom. The third kappa shape index (κ3) is 2.99. The molecule has 20 heavy (non-hydrogen) atoms. The van der Waals surface area contributed by atoms with E-state index in [1.807, 2.05) is 23.6 Å². The Balaban J connectivity index is 1.84. The van der Waals surface area contributed by atoms with Gasteiger partial charge in [0.05, 0.1) is 10.6 Å². The van der Waals surface area contributed by atoms with Crippen LogP contribution in [0.4, 0.5) is 5.95 Å². The second kappa shape index (κ2) is 6.33. The van der Waals surface area contributed by atoms with Gasteiger partial charge in [-0.1, -0.05) is 6.92 Å². The first-order chi connectivity index (χ1) is 9.86. The van der Waals surface area contributed by atoms with E-state index >= 15 is 0 Å². The summed E-state index contributed by atoms with van der Waals surface area (Å²) in [6.45, 7) is 6.29. The molecule has 3 heterocycles. The number of hydrogen-bond acceptors (Lipinski definition) is 5. The number of rotatable bonds is 3. The molecule has 4 nitrogen and oxygen atoms in total. The van der Waals surface area contributed by atoms with Gasteiger partial charge < -0.3 is 10.2 Å². The molecular weight excluding hydrogens is 268 g/mol. The molecule has 1 aliphatic rings. The molecule has 1 fully saturated rings. The molecule has 0 bridgehead atoms. The predicted octanol–water partition coefficient (Wildman–Crippen LogP) is 2.57. The zero-order valence-electron chi connectivity index (χ0n) is 11.8. The number of nitrogens with zero attached hydrogens (tertiary/aromatic N) is 3. The molecular formula is C15H20N4S. The minimum Gasteiger partial charge on any atom is -0.339 e. The fourth-order valence-electron chi connectivity index (χ4n) is 2.39. The second-order valence-electron chi connectivity index (χ2n) is 4.95. The molecule has 2 aromatic heterocycles. The van der Waals surface area contributed by atoms with Crippen LogP contribution in [0.3, 0.4) is 0 Å². The van der Waals surface area contributed by atoms with E-state index in [-0.39, 0.29) is 0 Å². The van der Waals surface area contributed by atoms with E-state index in [4.69, 9.17) is 4.98 Å². The summed E-state index contributed by atoms with van der Waals surface area (Å²) >= 11 is 1.82. The highest BCUT2D eigenvalue weighted by Crippen LogP contribution is 2.27. The van der Waals surface area contributed by atoms with Gasteiger partial charge >= 0.3 is 0 Å². The summed E-state index contributed by atoms with van der Waals surface area (Å²) in [5, 5.41) is 3.41. The van der Waals surface area contributed by atoms with Gasteiger partial charge in [-0.25, -0.2) is 9.97 Å². The maximum Gasteiger partial charge on any atom is 0.225 e. The van der Waals surface area contributed by atoms with Crippen molar-refractivity contribution in [3.63, 3.8) is 0 Å². The Morgan fingerprint density at radius 2 is 2.20 bits per heavy atom. The third-order valence-electron chi connectivity index (χ3n) is 3.53. The Kier molecular flexibility index (Phi) is 4.28. The number of aryl methyl sites for hydroxylation is 1.